The van der Waals surface area contributed by atoms with E-state index in [2.05, 4.69) is 77.7 Å². The molecule has 4 nitrogen and oxygen atoms in total. The molecule has 0 atom stereocenters. The minimum Gasteiger partial charge on any atom is -0.277 e. The summed E-state index contributed by atoms with van der Waals surface area (Å²) in [5.41, 5.74) is 6.10. The number of aryl methyl sites for hydroxylation is 1. The molecule has 0 saturated heterocycles. The zero-order valence-corrected chi connectivity index (χ0v) is 21.5. The summed E-state index contributed by atoms with van der Waals surface area (Å²) < 4.78 is 28.1. The summed E-state index contributed by atoms with van der Waals surface area (Å²) in [6.45, 7) is 3.21. The highest BCUT2D eigenvalue weighted by Gasteiger charge is 2.44. The van der Waals surface area contributed by atoms with Crippen molar-refractivity contribution in [2.24, 2.45) is 0 Å². The van der Waals surface area contributed by atoms with E-state index in [4.69, 9.17) is 0 Å². The maximum Gasteiger partial charge on any atom is 0.267 e. The predicted octanol–water partition coefficient (Wildman–Crippen LogP) is 6.34. The van der Waals surface area contributed by atoms with Gasteiger partial charge >= 0.3 is 0 Å². The van der Waals surface area contributed by atoms with Crippen LogP contribution < -0.4 is 0 Å². The van der Waals surface area contributed by atoms with Crippen molar-refractivity contribution >= 4 is 10.0 Å². The lowest BCUT2D eigenvalue weighted by atomic mass is 9.75. The average Bonchev–Trinajstić information content (AvgIpc) is 3.52. The molecule has 184 valence electrons. The molecule has 0 amide bonds. The van der Waals surface area contributed by atoms with Gasteiger partial charge in [-0.25, -0.2) is 12.4 Å². The third-order valence-corrected chi connectivity index (χ3v) is 8.98. The molecule has 0 spiro atoms. The molecule has 5 heteroatoms. The molecule has 37 heavy (non-hydrogen) atoms. The first-order valence-electron chi connectivity index (χ1n) is 12.4. The summed E-state index contributed by atoms with van der Waals surface area (Å²) in [7, 11) is -3.64. The van der Waals surface area contributed by atoms with Gasteiger partial charge in [-0.15, -0.1) is 0 Å². The monoisotopic (exact) mass is 504 g/mol. The first-order chi connectivity index (χ1) is 18.0. The van der Waals surface area contributed by atoms with E-state index in [1.807, 2.05) is 37.3 Å². The molecular formula is C32H28N2O2S. The molecule has 1 aliphatic rings. The molecular weight excluding hydrogens is 476 g/mol. The van der Waals surface area contributed by atoms with Crippen LogP contribution in [-0.2, 0) is 28.7 Å². The predicted molar refractivity (Wildman–Crippen MR) is 147 cm³/mol. The van der Waals surface area contributed by atoms with Crippen molar-refractivity contribution in [3.8, 4) is 0 Å². The Labute approximate surface area is 218 Å². The first-order valence-corrected chi connectivity index (χ1v) is 13.9. The van der Waals surface area contributed by atoms with E-state index in [1.165, 1.54) is 20.7 Å². The van der Waals surface area contributed by atoms with E-state index in [0.717, 1.165) is 16.7 Å². The van der Waals surface area contributed by atoms with Crippen LogP contribution in [0.2, 0.25) is 0 Å². The highest BCUT2D eigenvalue weighted by Crippen LogP contribution is 2.46. The van der Waals surface area contributed by atoms with Crippen LogP contribution in [-0.4, -0.2) is 17.3 Å². The van der Waals surface area contributed by atoms with Crippen LogP contribution in [0.25, 0.3) is 0 Å². The van der Waals surface area contributed by atoms with Gasteiger partial charge in [0.1, 0.15) is 0 Å². The van der Waals surface area contributed by atoms with Gasteiger partial charge in [-0.1, -0.05) is 109 Å². The Morgan fingerprint density at radius 1 is 0.595 bits per heavy atom. The molecule has 0 N–H and O–H groups in total. The molecule has 0 aliphatic carbocycles. The Kier molecular flexibility index (Phi) is 5.82. The van der Waals surface area contributed by atoms with E-state index in [1.54, 1.807) is 24.5 Å². The minimum atomic E-state index is -3.64. The van der Waals surface area contributed by atoms with Gasteiger partial charge in [0.05, 0.1) is 10.4 Å². The lowest BCUT2D eigenvalue weighted by Crippen LogP contribution is -2.45. The molecule has 0 unspecified atom stereocenters. The van der Waals surface area contributed by atoms with Crippen LogP contribution in [0.15, 0.2) is 133 Å². The zero-order valence-electron chi connectivity index (χ0n) is 20.7. The van der Waals surface area contributed by atoms with Crippen molar-refractivity contribution in [1.29, 1.82) is 0 Å². The quantitative estimate of drug-likeness (QED) is 0.253. The Hall–Kier alpha value is -3.93. The molecule has 0 radical (unpaired) electrons. The Morgan fingerprint density at radius 2 is 1.00 bits per heavy atom. The molecule has 0 saturated carbocycles. The van der Waals surface area contributed by atoms with Gasteiger partial charge in [-0.2, -0.15) is 0 Å². The lowest BCUT2D eigenvalue weighted by molar-refractivity contribution is 0.156. The van der Waals surface area contributed by atoms with Crippen molar-refractivity contribution in [1.82, 2.24) is 8.87 Å². The minimum absolute atomic E-state index is 0.302. The van der Waals surface area contributed by atoms with Gasteiger partial charge < -0.3 is 0 Å². The summed E-state index contributed by atoms with van der Waals surface area (Å²) in [4.78, 5) is 2.76. The van der Waals surface area contributed by atoms with Crippen LogP contribution in [0.5, 0.6) is 0 Å². The highest BCUT2D eigenvalue weighted by molar-refractivity contribution is 7.90. The van der Waals surface area contributed by atoms with Crippen molar-refractivity contribution in [2.75, 3.05) is 0 Å². The number of rotatable bonds is 6. The van der Waals surface area contributed by atoms with Gasteiger partial charge in [0.2, 0.25) is 0 Å². The number of aromatic nitrogens is 1. The lowest BCUT2D eigenvalue weighted by Gasteiger charge is -2.44. The summed E-state index contributed by atoms with van der Waals surface area (Å²) in [5.74, 6) is 0. The fourth-order valence-corrected chi connectivity index (χ4v) is 6.81. The second kappa shape index (κ2) is 9.18. The van der Waals surface area contributed by atoms with E-state index in [-0.39, 0.29) is 0 Å². The maximum absolute atomic E-state index is 13.3. The smallest absolute Gasteiger partial charge is 0.267 e. The second-order valence-corrected chi connectivity index (χ2v) is 11.5. The van der Waals surface area contributed by atoms with Crippen LogP contribution in [0, 0.1) is 6.92 Å². The normalized spacial score (nSPS) is 14.0. The van der Waals surface area contributed by atoms with Gasteiger partial charge in [-0.3, -0.25) is 4.90 Å². The fraction of sp³-hybridized carbons (Fsp3) is 0.125. The third-order valence-electron chi connectivity index (χ3n) is 7.35. The van der Waals surface area contributed by atoms with Crippen molar-refractivity contribution < 1.29 is 8.42 Å². The van der Waals surface area contributed by atoms with E-state index in [0.29, 0.717) is 18.0 Å². The molecule has 1 aliphatic heterocycles. The molecule has 0 bridgehead atoms. The first kappa shape index (κ1) is 23.5. The Bertz CT molecular complexity index is 1510. The van der Waals surface area contributed by atoms with Crippen molar-refractivity contribution in [3.05, 3.63) is 161 Å². The molecule has 6 rings (SSSR count). The van der Waals surface area contributed by atoms with Crippen molar-refractivity contribution in [2.45, 2.75) is 30.4 Å². The van der Waals surface area contributed by atoms with Crippen LogP contribution in [0.3, 0.4) is 0 Å². The SMILES string of the molecule is Cc1ccc(S(=O)(=O)n2cc3c(c2)CN(C(c2ccccc2)(c2ccccc2)c2ccccc2)C3)cc1. The van der Waals surface area contributed by atoms with Crippen LogP contribution in [0.4, 0.5) is 0 Å². The van der Waals surface area contributed by atoms with Gasteiger partial charge in [0, 0.05) is 25.5 Å². The third kappa shape index (κ3) is 3.91. The van der Waals surface area contributed by atoms with E-state index >= 15 is 0 Å². The van der Waals surface area contributed by atoms with E-state index < -0.39 is 15.6 Å². The number of benzene rings is 4. The summed E-state index contributed by atoms with van der Waals surface area (Å²) in [5, 5.41) is 0. The molecule has 5 aromatic rings. The zero-order chi connectivity index (χ0) is 25.5. The molecule has 2 heterocycles. The standard InChI is InChI=1S/C32H28N2O2S/c1-25-17-19-31(20-18-25)37(35,36)34-23-26-21-33(22-27(26)24-34)32(28-11-5-2-6-12-28,29-13-7-3-8-14-29)30-15-9-4-10-16-30/h2-20,23-24H,21-22H2,1H3. The van der Waals surface area contributed by atoms with E-state index in [9.17, 15) is 8.42 Å². The number of hydrogen-bond donors (Lipinski definition) is 0. The summed E-state index contributed by atoms with van der Waals surface area (Å²) >= 11 is 0. The van der Waals surface area contributed by atoms with Gasteiger partial charge in [-0.05, 0) is 46.9 Å². The van der Waals surface area contributed by atoms with Crippen molar-refractivity contribution in [3.63, 3.8) is 0 Å². The molecule has 1 aromatic heterocycles. The largest absolute Gasteiger partial charge is 0.277 e. The van der Waals surface area contributed by atoms with Gasteiger partial charge in [0.15, 0.2) is 0 Å². The molecule has 4 aromatic carbocycles. The van der Waals surface area contributed by atoms with Crippen LogP contribution in [0.1, 0.15) is 33.4 Å². The summed E-state index contributed by atoms with van der Waals surface area (Å²) in [6.07, 6.45) is 3.58. The average molecular weight is 505 g/mol. The topological polar surface area (TPSA) is 42.3 Å². The van der Waals surface area contributed by atoms with Crippen LogP contribution >= 0.6 is 0 Å². The number of fused-ring (bicyclic) bond motifs is 1. The molecule has 0 fully saturated rings. The van der Waals surface area contributed by atoms with Gasteiger partial charge in [0.25, 0.3) is 10.0 Å². The number of hydrogen-bond acceptors (Lipinski definition) is 3. The Balaban J connectivity index is 1.46. The highest BCUT2D eigenvalue weighted by atomic mass is 32.2. The maximum atomic E-state index is 13.3. The summed E-state index contributed by atoms with van der Waals surface area (Å²) in [6, 6.07) is 38.8. The number of nitrogens with zero attached hydrogens (tertiary/aromatic N) is 2. The second-order valence-electron chi connectivity index (χ2n) is 9.62. The Morgan fingerprint density at radius 3 is 1.41 bits per heavy atom. The fourth-order valence-electron chi connectivity index (χ4n) is 5.56.